The van der Waals surface area contributed by atoms with Gasteiger partial charge in [0.1, 0.15) is 0 Å². The summed E-state index contributed by atoms with van der Waals surface area (Å²) >= 11 is 0. The zero-order valence-electron chi connectivity index (χ0n) is 9.15. The number of hydrogen-bond acceptors (Lipinski definition) is 5. The number of rotatable bonds is 4. The van der Waals surface area contributed by atoms with Crippen molar-refractivity contribution in [3.05, 3.63) is 0 Å². The van der Waals surface area contributed by atoms with E-state index < -0.39 is 0 Å². The molecule has 15 heavy (non-hydrogen) atoms. The number of hydrazine groups is 1. The Morgan fingerprint density at radius 1 is 1.27 bits per heavy atom. The van der Waals surface area contributed by atoms with Crippen LogP contribution in [0.3, 0.4) is 0 Å². The van der Waals surface area contributed by atoms with E-state index in [1.807, 2.05) is 0 Å². The van der Waals surface area contributed by atoms with Crippen molar-refractivity contribution in [2.45, 2.75) is 12.5 Å². The molecule has 2 fully saturated rings. The second-order valence-corrected chi connectivity index (χ2v) is 4.19. The molecule has 0 aromatic rings. The normalized spacial score (nSPS) is 30.6. The Balaban J connectivity index is 1.78. The number of nitrogens with one attached hydrogen (secondary N) is 1. The highest BCUT2D eigenvalue weighted by atomic mass is 16.5. The van der Waals surface area contributed by atoms with Crippen molar-refractivity contribution in [3.8, 4) is 0 Å². The molecule has 0 aromatic heterocycles. The molecule has 2 aliphatic heterocycles. The maximum absolute atomic E-state index is 5.79. The molecular weight excluding hydrogens is 194 g/mol. The molecule has 2 heterocycles. The minimum atomic E-state index is 0.352. The standard InChI is InChI=1S/C10H21N3O2/c11-7-10(9-1-4-15-8-9)12-13-2-5-14-6-3-13/h9-10,12H,1-8,11H2. The van der Waals surface area contributed by atoms with Crippen LogP contribution in [0.4, 0.5) is 0 Å². The van der Waals surface area contributed by atoms with Gasteiger partial charge >= 0.3 is 0 Å². The Labute approximate surface area is 90.9 Å². The monoisotopic (exact) mass is 215 g/mol. The third-order valence-electron chi connectivity index (χ3n) is 3.15. The molecule has 0 saturated carbocycles. The molecule has 3 N–H and O–H groups in total. The van der Waals surface area contributed by atoms with E-state index in [4.69, 9.17) is 15.2 Å². The molecular formula is C10H21N3O2. The minimum absolute atomic E-state index is 0.352. The van der Waals surface area contributed by atoms with Gasteiger partial charge in [-0.25, -0.2) is 5.01 Å². The molecule has 88 valence electrons. The van der Waals surface area contributed by atoms with Crippen LogP contribution >= 0.6 is 0 Å². The second-order valence-electron chi connectivity index (χ2n) is 4.19. The summed E-state index contributed by atoms with van der Waals surface area (Å²) in [4.78, 5) is 0. The van der Waals surface area contributed by atoms with E-state index >= 15 is 0 Å². The third-order valence-corrected chi connectivity index (χ3v) is 3.15. The molecule has 0 radical (unpaired) electrons. The molecule has 2 aliphatic rings. The van der Waals surface area contributed by atoms with Crippen molar-refractivity contribution in [3.63, 3.8) is 0 Å². The van der Waals surface area contributed by atoms with Crippen LogP contribution in [0.2, 0.25) is 0 Å². The van der Waals surface area contributed by atoms with Crippen molar-refractivity contribution in [2.24, 2.45) is 11.7 Å². The predicted molar refractivity (Wildman–Crippen MR) is 57.3 cm³/mol. The quantitative estimate of drug-likeness (QED) is 0.642. The summed E-state index contributed by atoms with van der Waals surface area (Å²) in [6, 6.07) is 0.352. The van der Waals surface area contributed by atoms with Gasteiger partial charge in [-0.1, -0.05) is 0 Å². The summed E-state index contributed by atoms with van der Waals surface area (Å²) in [6.45, 7) is 5.92. The van der Waals surface area contributed by atoms with E-state index in [-0.39, 0.29) is 0 Å². The van der Waals surface area contributed by atoms with E-state index in [9.17, 15) is 0 Å². The van der Waals surface area contributed by atoms with Crippen molar-refractivity contribution < 1.29 is 9.47 Å². The van der Waals surface area contributed by atoms with Gasteiger partial charge in [0.25, 0.3) is 0 Å². The first kappa shape index (κ1) is 11.3. The van der Waals surface area contributed by atoms with E-state index in [0.717, 1.165) is 45.9 Å². The molecule has 0 spiro atoms. The molecule has 2 unspecified atom stereocenters. The molecule has 5 nitrogen and oxygen atoms in total. The summed E-state index contributed by atoms with van der Waals surface area (Å²) in [5.41, 5.74) is 9.29. The predicted octanol–water partition coefficient (Wildman–Crippen LogP) is -0.813. The fourth-order valence-corrected chi connectivity index (χ4v) is 2.15. The summed E-state index contributed by atoms with van der Waals surface area (Å²) in [5.74, 6) is 0.567. The van der Waals surface area contributed by atoms with Crippen molar-refractivity contribution in [1.82, 2.24) is 10.4 Å². The van der Waals surface area contributed by atoms with E-state index in [1.54, 1.807) is 0 Å². The minimum Gasteiger partial charge on any atom is -0.381 e. The lowest BCUT2D eigenvalue weighted by molar-refractivity contribution is -0.00165. The topological polar surface area (TPSA) is 59.8 Å². The van der Waals surface area contributed by atoms with Gasteiger partial charge in [0.15, 0.2) is 0 Å². The maximum Gasteiger partial charge on any atom is 0.0608 e. The third kappa shape index (κ3) is 3.12. The van der Waals surface area contributed by atoms with Crippen LogP contribution in [-0.4, -0.2) is 57.1 Å². The highest BCUT2D eigenvalue weighted by molar-refractivity contribution is 4.79. The van der Waals surface area contributed by atoms with Crippen molar-refractivity contribution >= 4 is 0 Å². The molecule has 0 aromatic carbocycles. The van der Waals surface area contributed by atoms with Crippen LogP contribution in [0.25, 0.3) is 0 Å². The molecule has 2 atom stereocenters. The highest BCUT2D eigenvalue weighted by Gasteiger charge is 2.26. The van der Waals surface area contributed by atoms with E-state index in [2.05, 4.69) is 10.4 Å². The molecule has 2 saturated heterocycles. The summed E-state index contributed by atoms with van der Waals surface area (Å²) in [7, 11) is 0. The summed E-state index contributed by atoms with van der Waals surface area (Å²) < 4.78 is 10.7. The average Bonchev–Trinajstić information content (AvgIpc) is 2.81. The lowest BCUT2D eigenvalue weighted by Gasteiger charge is -2.33. The molecule has 0 aliphatic carbocycles. The zero-order chi connectivity index (χ0) is 10.5. The van der Waals surface area contributed by atoms with Crippen LogP contribution in [0.5, 0.6) is 0 Å². The lowest BCUT2D eigenvalue weighted by Crippen LogP contribution is -2.54. The molecule has 0 bridgehead atoms. The van der Waals surface area contributed by atoms with Gasteiger partial charge in [-0.15, -0.1) is 0 Å². The SMILES string of the molecule is NCC(NN1CCOCC1)C1CCOC1. The average molecular weight is 215 g/mol. The Hall–Kier alpha value is -0.200. The smallest absolute Gasteiger partial charge is 0.0608 e. The molecule has 0 amide bonds. The van der Waals surface area contributed by atoms with Gasteiger partial charge in [0.05, 0.1) is 19.8 Å². The zero-order valence-corrected chi connectivity index (χ0v) is 9.15. The van der Waals surface area contributed by atoms with Gasteiger partial charge < -0.3 is 15.2 Å². The first-order valence-electron chi connectivity index (χ1n) is 5.77. The van der Waals surface area contributed by atoms with Crippen molar-refractivity contribution in [2.75, 3.05) is 46.1 Å². The van der Waals surface area contributed by atoms with Crippen molar-refractivity contribution in [1.29, 1.82) is 0 Å². The van der Waals surface area contributed by atoms with Crippen LogP contribution < -0.4 is 11.2 Å². The van der Waals surface area contributed by atoms with Crippen LogP contribution in [0.1, 0.15) is 6.42 Å². The Morgan fingerprint density at radius 3 is 2.67 bits per heavy atom. The van der Waals surface area contributed by atoms with E-state index in [1.165, 1.54) is 0 Å². The number of nitrogens with two attached hydrogens (primary N) is 1. The van der Waals surface area contributed by atoms with Gasteiger partial charge in [-0.05, 0) is 6.42 Å². The van der Waals surface area contributed by atoms with Crippen LogP contribution in [0.15, 0.2) is 0 Å². The fraction of sp³-hybridized carbons (Fsp3) is 1.00. The Morgan fingerprint density at radius 2 is 2.07 bits per heavy atom. The van der Waals surface area contributed by atoms with Gasteiger partial charge in [-0.2, -0.15) is 0 Å². The number of ether oxygens (including phenoxy) is 2. The second kappa shape index (κ2) is 5.77. The summed E-state index contributed by atoms with van der Waals surface area (Å²) in [6.07, 6.45) is 1.12. The highest BCUT2D eigenvalue weighted by Crippen LogP contribution is 2.16. The van der Waals surface area contributed by atoms with Gasteiger partial charge in [0, 0.05) is 38.2 Å². The first-order valence-corrected chi connectivity index (χ1v) is 5.77. The largest absolute Gasteiger partial charge is 0.381 e. The lowest BCUT2D eigenvalue weighted by atomic mass is 10.00. The van der Waals surface area contributed by atoms with Gasteiger partial charge in [0.2, 0.25) is 0 Å². The maximum atomic E-state index is 5.79. The van der Waals surface area contributed by atoms with Crippen LogP contribution in [0, 0.1) is 5.92 Å². The number of morpholine rings is 1. The van der Waals surface area contributed by atoms with E-state index in [0.29, 0.717) is 18.5 Å². The van der Waals surface area contributed by atoms with Gasteiger partial charge in [-0.3, -0.25) is 5.43 Å². The Bertz CT molecular complexity index is 180. The summed E-state index contributed by atoms with van der Waals surface area (Å²) in [5, 5.41) is 2.22. The number of nitrogens with zero attached hydrogens (tertiary/aromatic N) is 1. The fourth-order valence-electron chi connectivity index (χ4n) is 2.15. The molecule has 5 heteroatoms. The first-order chi connectivity index (χ1) is 7.40. The van der Waals surface area contributed by atoms with Crippen LogP contribution in [-0.2, 0) is 9.47 Å². The number of hydrogen-bond donors (Lipinski definition) is 2. The molecule has 2 rings (SSSR count). The Kier molecular flexibility index (Phi) is 4.34.